The van der Waals surface area contributed by atoms with Gasteiger partial charge in [0.15, 0.2) is 0 Å². The van der Waals surface area contributed by atoms with Crippen molar-refractivity contribution in [3.05, 3.63) is 54.1 Å². The summed E-state index contributed by atoms with van der Waals surface area (Å²) in [4.78, 5) is 12.3. The van der Waals surface area contributed by atoms with Crippen LogP contribution in [0.15, 0.2) is 53.4 Å². The highest BCUT2D eigenvalue weighted by Crippen LogP contribution is 2.34. The monoisotopic (exact) mass is 426 g/mol. The molecule has 0 saturated heterocycles. The predicted molar refractivity (Wildman–Crippen MR) is 109 cm³/mol. The van der Waals surface area contributed by atoms with Crippen LogP contribution in [0.2, 0.25) is 0 Å². The zero-order valence-corrected chi connectivity index (χ0v) is 17.3. The average molecular weight is 427 g/mol. The Hall–Kier alpha value is -2.19. The first-order valence-corrected chi connectivity index (χ1v) is 10.7. The molecular weight excluding hydrogens is 401 g/mol. The Kier molecular flexibility index (Phi) is 7.60. The molecule has 158 valence electrons. The minimum atomic E-state index is -4.58. The van der Waals surface area contributed by atoms with Crippen molar-refractivity contribution in [3.8, 4) is 11.1 Å². The topological polar surface area (TPSA) is 72.2 Å². The van der Waals surface area contributed by atoms with Crippen molar-refractivity contribution in [1.29, 1.82) is 0 Å². The first-order chi connectivity index (χ1) is 13.5. The molecule has 0 radical (unpaired) electrons. The van der Waals surface area contributed by atoms with E-state index in [1.807, 2.05) is 13.8 Å². The number of nitrogens with one attached hydrogen (secondary N) is 1. The molecule has 2 rings (SSSR count). The molecule has 2 aromatic rings. The van der Waals surface area contributed by atoms with Crippen LogP contribution in [0.5, 0.6) is 0 Å². The van der Waals surface area contributed by atoms with E-state index in [4.69, 9.17) is 5.73 Å². The lowest BCUT2D eigenvalue weighted by molar-refractivity contribution is -0.160. The number of rotatable bonds is 8. The second kappa shape index (κ2) is 9.54. The van der Waals surface area contributed by atoms with Gasteiger partial charge in [0.1, 0.15) is 6.04 Å². The molecule has 0 bridgehead atoms. The van der Waals surface area contributed by atoms with Crippen LogP contribution in [-0.2, 0) is 15.6 Å². The van der Waals surface area contributed by atoms with Gasteiger partial charge in [-0.25, -0.2) is 0 Å². The molecule has 3 N–H and O–H groups in total. The number of hydrogen-bond donors (Lipinski definition) is 2. The van der Waals surface area contributed by atoms with Gasteiger partial charge in [-0.15, -0.1) is 0 Å². The van der Waals surface area contributed by atoms with Crippen LogP contribution in [0.1, 0.15) is 31.9 Å². The van der Waals surface area contributed by atoms with Gasteiger partial charge in [0, 0.05) is 22.0 Å². The second-order valence-electron chi connectivity index (χ2n) is 7.33. The van der Waals surface area contributed by atoms with E-state index in [9.17, 15) is 22.2 Å². The number of primary amides is 1. The van der Waals surface area contributed by atoms with Crippen LogP contribution in [-0.4, -0.2) is 28.6 Å². The van der Waals surface area contributed by atoms with Crippen molar-refractivity contribution in [2.45, 2.75) is 43.4 Å². The third kappa shape index (κ3) is 6.40. The molecule has 0 saturated carbocycles. The van der Waals surface area contributed by atoms with Gasteiger partial charge >= 0.3 is 6.18 Å². The average Bonchev–Trinajstić information content (AvgIpc) is 2.64. The Morgan fingerprint density at radius 2 is 1.52 bits per heavy atom. The zero-order chi connectivity index (χ0) is 21.8. The lowest BCUT2D eigenvalue weighted by Gasteiger charge is -2.27. The summed E-state index contributed by atoms with van der Waals surface area (Å²) < 4.78 is 52.5. The van der Waals surface area contributed by atoms with Gasteiger partial charge < -0.3 is 5.73 Å². The summed E-state index contributed by atoms with van der Waals surface area (Å²) in [6, 6.07) is 9.88. The molecule has 3 atom stereocenters. The first-order valence-electron chi connectivity index (χ1n) is 9.15. The number of hydrogen-bond acceptors (Lipinski definition) is 3. The maximum absolute atomic E-state index is 13.7. The molecular formula is C21H25F3N2O2S. The van der Waals surface area contributed by atoms with Gasteiger partial charge in [0.2, 0.25) is 5.91 Å². The quantitative estimate of drug-likeness (QED) is 0.665. The van der Waals surface area contributed by atoms with E-state index < -0.39 is 35.0 Å². The highest BCUT2D eigenvalue weighted by Gasteiger charge is 2.42. The van der Waals surface area contributed by atoms with E-state index in [-0.39, 0.29) is 17.9 Å². The van der Waals surface area contributed by atoms with E-state index in [0.29, 0.717) is 4.90 Å². The molecule has 0 aliphatic rings. The third-order valence-electron chi connectivity index (χ3n) is 4.51. The summed E-state index contributed by atoms with van der Waals surface area (Å²) in [5, 5.41) is 2.39. The fourth-order valence-electron chi connectivity index (χ4n) is 3.03. The Morgan fingerprint density at radius 3 is 1.90 bits per heavy atom. The number of benzene rings is 2. The van der Waals surface area contributed by atoms with Gasteiger partial charge in [-0.05, 0) is 41.2 Å². The Labute approximate surface area is 171 Å². The highest BCUT2D eigenvalue weighted by atomic mass is 32.2. The molecule has 0 aromatic heterocycles. The van der Waals surface area contributed by atoms with Crippen LogP contribution in [0.4, 0.5) is 13.2 Å². The summed E-state index contributed by atoms with van der Waals surface area (Å²) in [5.74, 6) is -0.797. The Bertz CT molecular complexity index is 850. The molecule has 0 aliphatic heterocycles. The number of nitrogens with two attached hydrogens (primary N) is 1. The van der Waals surface area contributed by atoms with E-state index in [2.05, 4.69) is 5.32 Å². The molecule has 1 amide bonds. The predicted octanol–water partition coefficient (Wildman–Crippen LogP) is 4.18. The van der Waals surface area contributed by atoms with E-state index in [0.717, 1.165) is 11.1 Å². The van der Waals surface area contributed by atoms with Crippen molar-refractivity contribution in [2.75, 3.05) is 6.26 Å². The van der Waals surface area contributed by atoms with Crippen LogP contribution in [0.3, 0.4) is 0 Å². The van der Waals surface area contributed by atoms with Gasteiger partial charge in [-0.2, -0.15) is 13.2 Å². The molecule has 4 nitrogen and oxygen atoms in total. The summed E-state index contributed by atoms with van der Waals surface area (Å²) in [6.07, 6.45) is -2.79. The van der Waals surface area contributed by atoms with Crippen LogP contribution < -0.4 is 11.1 Å². The van der Waals surface area contributed by atoms with Gasteiger partial charge in [-0.1, -0.05) is 50.2 Å². The fraction of sp³-hybridized carbons (Fsp3) is 0.381. The molecule has 0 fully saturated rings. The summed E-state index contributed by atoms with van der Waals surface area (Å²) >= 11 is 0. The molecule has 29 heavy (non-hydrogen) atoms. The molecule has 0 spiro atoms. The van der Waals surface area contributed by atoms with Crippen molar-refractivity contribution in [3.63, 3.8) is 0 Å². The number of carbonyl (C=O) groups is 1. The van der Waals surface area contributed by atoms with Gasteiger partial charge in [0.25, 0.3) is 0 Å². The summed E-state index contributed by atoms with van der Waals surface area (Å²) in [5.41, 5.74) is 6.84. The molecule has 0 heterocycles. The summed E-state index contributed by atoms with van der Waals surface area (Å²) in [6.45, 7) is 3.63. The van der Waals surface area contributed by atoms with Crippen molar-refractivity contribution in [1.82, 2.24) is 5.32 Å². The smallest absolute Gasteiger partial charge is 0.368 e. The largest absolute Gasteiger partial charge is 0.407 e. The fourth-order valence-corrected chi connectivity index (χ4v) is 3.55. The standard InChI is InChI=1S/C21H25F3N2O2S/c1-13(2)12-18(20(25)27)26-19(21(22,23)24)16-6-4-14(5-7-16)15-8-10-17(11-9-15)29(3)28/h4-11,13,18-19,26H,12H2,1-3H3,(H2,25,27)/t18-,19-,29?/m0/s1. The van der Waals surface area contributed by atoms with Crippen LogP contribution >= 0.6 is 0 Å². The number of alkyl halides is 3. The van der Waals surface area contributed by atoms with Crippen molar-refractivity contribution in [2.24, 2.45) is 11.7 Å². The molecule has 8 heteroatoms. The van der Waals surface area contributed by atoms with Crippen molar-refractivity contribution < 1.29 is 22.2 Å². The van der Waals surface area contributed by atoms with E-state index in [1.54, 1.807) is 42.7 Å². The van der Waals surface area contributed by atoms with Gasteiger partial charge in [-0.3, -0.25) is 14.3 Å². The lowest BCUT2D eigenvalue weighted by Crippen LogP contribution is -2.47. The maximum atomic E-state index is 13.7. The molecule has 2 aromatic carbocycles. The number of carbonyl (C=O) groups excluding carboxylic acids is 1. The van der Waals surface area contributed by atoms with Crippen LogP contribution in [0, 0.1) is 5.92 Å². The van der Waals surface area contributed by atoms with Crippen molar-refractivity contribution >= 4 is 16.7 Å². The Balaban J connectivity index is 2.28. The second-order valence-corrected chi connectivity index (χ2v) is 8.71. The minimum absolute atomic E-state index is 0.00235. The maximum Gasteiger partial charge on any atom is 0.407 e. The Morgan fingerprint density at radius 1 is 1.03 bits per heavy atom. The number of halogens is 3. The first kappa shape index (κ1) is 23.1. The molecule has 1 unspecified atom stereocenters. The van der Waals surface area contributed by atoms with Crippen LogP contribution in [0.25, 0.3) is 11.1 Å². The SMILES string of the molecule is CC(C)C[C@H](N[C@@H](c1ccc(-c2ccc(S(C)=O)cc2)cc1)C(F)(F)F)C(N)=O. The van der Waals surface area contributed by atoms with E-state index in [1.165, 1.54) is 12.1 Å². The number of amides is 1. The zero-order valence-electron chi connectivity index (χ0n) is 16.5. The van der Waals surface area contributed by atoms with E-state index >= 15 is 0 Å². The lowest BCUT2D eigenvalue weighted by atomic mass is 9.98. The third-order valence-corrected chi connectivity index (χ3v) is 5.45. The minimum Gasteiger partial charge on any atom is -0.368 e. The van der Waals surface area contributed by atoms with Gasteiger partial charge in [0.05, 0.1) is 6.04 Å². The normalized spacial score (nSPS) is 15.1. The summed E-state index contributed by atoms with van der Waals surface area (Å²) in [7, 11) is -1.10. The highest BCUT2D eigenvalue weighted by molar-refractivity contribution is 7.84. The molecule has 0 aliphatic carbocycles.